The van der Waals surface area contributed by atoms with Crippen LogP contribution < -0.4 is 14.9 Å². The fourth-order valence-electron chi connectivity index (χ4n) is 2.83. The van der Waals surface area contributed by atoms with Gasteiger partial charge in [0.05, 0.1) is 19.2 Å². The Hall–Kier alpha value is -2.19. The highest BCUT2D eigenvalue weighted by molar-refractivity contribution is 7.09. The van der Waals surface area contributed by atoms with E-state index < -0.39 is 5.91 Å². The number of methoxy groups -OCH3 is 1. The minimum Gasteiger partial charge on any atom is -0.496 e. The molecule has 1 N–H and O–H groups in total. The van der Waals surface area contributed by atoms with Gasteiger partial charge in [-0.05, 0) is 24.6 Å². The molecular weight excluding hydrogens is 400 g/mol. The van der Waals surface area contributed by atoms with Gasteiger partial charge >= 0.3 is 0 Å². The summed E-state index contributed by atoms with van der Waals surface area (Å²) in [5.74, 6) is -0.00362. The Morgan fingerprint density at radius 2 is 2.21 bits per heavy atom. The van der Waals surface area contributed by atoms with E-state index in [0.717, 1.165) is 11.4 Å². The Kier molecular flexibility index (Phi) is 5.90. The van der Waals surface area contributed by atoms with Crippen molar-refractivity contribution in [1.29, 1.82) is 0 Å². The monoisotopic (exact) mass is 422 g/mol. The molecule has 150 valence electrons. The Morgan fingerprint density at radius 3 is 2.82 bits per heavy atom. The molecule has 1 aromatic heterocycles. The van der Waals surface area contributed by atoms with Gasteiger partial charge in [-0.3, -0.25) is 9.59 Å². The summed E-state index contributed by atoms with van der Waals surface area (Å²) in [6.45, 7) is 6.63. The third-order valence-corrected chi connectivity index (χ3v) is 5.94. The summed E-state index contributed by atoms with van der Waals surface area (Å²) in [4.78, 5) is 29.1. The number of nitrogens with one attached hydrogen (secondary N) is 1. The molecule has 0 unspecified atom stereocenters. The second-order valence-electron chi connectivity index (χ2n) is 7.69. The molecule has 1 atom stereocenters. The molecule has 1 fully saturated rings. The minimum absolute atomic E-state index is 0.0165. The van der Waals surface area contributed by atoms with Crippen LogP contribution in [0, 0.1) is 0 Å². The molecule has 28 heavy (non-hydrogen) atoms. The van der Waals surface area contributed by atoms with Crippen LogP contribution in [-0.2, 0) is 16.8 Å². The zero-order valence-corrected chi connectivity index (χ0v) is 17.9. The van der Waals surface area contributed by atoms with E-state index in [4.69, 9.17) is 16.3 Å². The van der Waals surface area contributed by atoms with Crippen molar-refractivity contribution in [2.75, 3.05) is 7.11 Å². The third-order valence-electron chi connectivity index (χ3n) is 4.33. The highest BCUT2D eigenvalue weighted by Crippen LogP contribution is 2.24. The minimum atomic E-state index is -0.451. The highest BCUT2D eigenvalue weighted by Gasteiger charge is 2.25. The van der Waals surface area contributed by atoms with Gasteiger partial charge < -0.3 is 10.1 Å². The molecular formula is C19H23ClN4O3S. The molecule has 2 amide bonds. The third kappa shape index (κ3) is 4.62. The maximum Gasteiger partial charge on any atom is 0.283 e. The molecule has 1 saturated heterocycles. The number of ether oxygens (including phenoxy) is 1. The van der Waals surface area contributed by atoms with Gasteiger partial charge in [0.1, 0.15) is 10.8 Å². The molecule has 0 saturated carbocycles. The maximum atomic E-state index is 12.8. The Balaban J connectivity index is 2.01. The zero-order chi connectivity index (χ0) is 20.5. The van der Waals surface area contributed by atoms with Gasteiger partial charge in [0.2, 0.25) is 10.7 Å². The summed E-state index contributed by atoms with van der Waals surface area (Å²) in [6, 6.07) is 4.82. The van der Waals surface area contributed by atoms with Crippen molar-refractivity contribution in [2.45, 2.75) is 51.6 Å². The van der Waals surface area contributed by atoms with E-state index in [1.54, 1.807) is 22.9 Å². The number of aromatic nitrogens is 2. The van der Waals surface area contributed by atoms with E-state index >= 15 is 0 Å². The largest absolute Gasteiger partial charge is 0.496 e. The predicted octanol–water partition coefficient (Wildman–Crippen LogP) is 2.92. The van der Waals surface area contributed by atoms with Crippen LogP contribution in [0.3, 0.4) is 0 Å². The first-order chi connectivity index (χ1) is 13.2. The average molecular weight is 423 g/mol. The number of hydrogen-bond acceptors (Lipinski definition) is 5. The van der Waals surface area contributed by atoms with E-state index in [1.807, 2.05) is 0 Å². The van der Waals surface area contributed by atoms with Crippen molar-refractivity contribution >= 4 is 34.8 Å². The SMILES string of the molecule is COc1ccc(Cl)cc1C(=O)N=c1sc(C(C)(C)C)nn1C[C@@H]1CCC(=O)N1. The van der Waals surface area contributed by atoms with Gasteiger partial charge in [-0.2, -0.15) is 10.1 Å². The number of nitrogens with zero attached hydrogens (tertiary/aromatic N) is 3. The Bertz CT molecular complexity index is 974. The molecule has 0 radical (unpaired) electrons. The maximum absolute atomic E-state index is 12.8. The van der Waals surface area contributed by atoms with E-state index in [2.05, 4.69) is 36.2 Å². The van der Waals surface area contributed by atoms with Crippen LogP contribution in [0.2, 0.25) is 5.02 Å². The topological polar surface area (TPSA) is 85.6 Å². The highest BCUT2D eigenvalue weighted by atomic mass is 35.5. The molecule has 2 aromatic rings. The van der Waals surface area contributed by atoms with Gasteiger partial charge in [0, 0.05) is 22.9 Å². The van der Waals surface area contributed by atoms with Crippen LogP contribution >= 0.6 is 22.9 Å². The molecule has 2 heterocycles. The van der Waals surface area contributed by atoms with Crippen LogP contribution in [0.4, 0.5) is 0 Å². The lowest BCUT2D eigenvalue weighted by molar-refractivity contribution is -0.119. The van der Waals surface area contributed by atoms with Crippen molar-refractivity contribution in [2.24, 2.45) is 4.99 Å². The summed E-state index contributed by atoms with van der Waals surface area (Å²) in [7, 11) is 1.49. The number of hydrogen-bond donors (Lipinski definition) is 1. The summed E-state index contributed by atoms with van der Waals surface area (Å²) < 4.78 is 6.97. The molecule has 9 heteroatoms. The van der Waals surface area contributed by atoms with E-state index in [1.165, 1.54) is 18.4 Å². The first-order valence-electron chi connectivity index (χ1n) is 8.98. The van der Waals surface area contributed by atoms with Crippen molar-refractivity contribution in [3.05, 3.63) is 38.6 Å². The van der Waals surface area contributed by atoms with Crippen LogP contribution in [0.15, 0.2) is 23.2 Å². The van der Waals surface area contributed by atoms with Crippen LogP contribution in [0.5, 0.6) is 5.75 Å². The summed E-state index contributed by atoms with van der Waals surface area (Å²) >= 11 is 7.41. The molecule has 1 aliphatic rings. The van der Waals surface area contributed by atoms with Crippen LogP contribution in [-0.4, -0.2) is 34.7 Å². The Morgan fingerprint density at radius 1 is 1.46 bits per heavy atom. The van der Waals surface area contributed by atoms with Gasteiger partial charge in [0.15, 0.2) is 0 Å². The number of amides is 2. The quantitative estimate of drug-likeness (QED) is 0.820. The summed E-state index contributed by atoms with van der Waals surface area (Å²) in [5, 5.41) is 8.88. The molecule has 0 bridgehead atoms. The lowest BCUT2D eigenvalue weighted by Gasteiger charge is -2.13. The van der Waals surface area contributed by atoms with Gasteiger partial charge in [-0.25, -0.2) is 4.68 Å². The number of halogens is 1. The average Bonchev–Trinajstić information content (AvgIpc) is 3.21. The van der Waals surface area contributed by atoms with Crippen LogP contribution in [0.25, 0.3) is 0 Å². The molecule has 0 aliphatic carbocycles. The number of rotatable bonds is 4. The fraction of sp³-hybridized carbons (Fsp3) is 0.474. The normalized spacial score (nSPS) is 17.7. The van der Waals surface area contributed by atoms with Gasteiger partial charge in [-0.1, -0.05) is 43.7 Å². The molecule has 7 nitrogen and oxygen atoms in total. The fourth-order valence-corrected chi connectivity index (χ4v) is 3.97. The van der Waals surface area contributed by atoms with E-state index in [-0.39, 0.29) is 17.4 Å². The van der Waals surface area contributed by atoms with Crippen molar-refractivity contribution in [3.63, 3.8) is 0 Å². The standard InChI is InChI=1S/C19H23ClN4O3S/c1-19(2,3)17-23-24(10-12-6-8-15(25)21-12)18(28-17)22-16(26)13-9-11(20)5-7-14(13)27-4/h5,7,9,12H,6,8,10H2,1-4H3,(H,21,25)/t12-/m0/s1. The smallest absolute Gasteiger partial charge is 0.283 e. The Labute approximate surface area is 172 Å². The second-order valence-corrected chi connectivity index (χ2v) is 9.08. The summed E-state index contributed by atoms with van der Waals surface area (Å²) in [6.07, 6.45) is 1.25. The van der Waals surface area contributed by atoms with Gasteiger partial charge in [-0.15, -0.1) is 0 Å². The first-order valence-corrected chi connectivity index (χ1v) is 10.2. The molecule has 0 spiro atoms. The van der Waals surface area contributed by atoms with Crippen molar-refractivity contribution < 1.29 is 14.3 Å². The molecule has 1 aromatic carbocycles. The second kappa shape index (κ2) is 8.05. The number of benzene rings is 1. The van der Waals surface area contributed by atoms with Crippen LogP contribution in [0.1, 0.15) is 49.0 Å². The zero-order valence-electron chi connectivity index (χ0n) is 16.3. The van der Waals surface area contributed by atoms with E-state index in [9.17, 15) is 9.59 Å². The molecule has 1 aliphatic heterocycles. The lowest BCUT2D eigenvalue weighted by Crippen LogP contribution is -2.33. The number of carbonyl (C=O) groups is 2. The molecule has 3 rings (SSSR count). The van der Waals surface area contributed by atoms with Crippen molar-refractivity contribution in [3.8, 4) is 5.75 Å². The first kappa shape index (κ1) is 20.5. The van der Waals surface area contributed by atoms with Gasteiger partial charge in [0.25, 0.3) is 5.91 Å². The van der Waals surface area contributed by atoms with Crippen molar-refractivity contribution in [1.82, 2.24) is 15.1 Å². The summed E-state index contributed by atoms with van der Waals surface area (Å²) in [5.41, 5.74) is 0.108. The number of carbonyl (C=O) groups excluding carboxylic acids is 2. The lowest BCUT2D eigenvalue weighted by atomic mass is 9.98. The predicted molar refractivity (Wildman–Crippen MR) is 108 cm³/mol. The van der Waals surface area contributed by atoms with E-state index in [0.29, 0.717) is 34.1 Å².